The van der Waals surface area contributed by atoms with Crippen LogP contribution in [0, 0.1) is 5.92 Å². The Morgan fingerprint density at radius 3 is 2.43 bits per heavy atom. The average molecular weight is 296 g/mol. The highest BCUT2D eigenvalue weighted by Gasteiger charge is 2.23. The first kappa shape index (κ1) is 16.3. The van der Waals surface area contributed by atoms with Crippen molar-refractivity contribution in [3.05, 3.63) is 29.3 Å². The van der Waals surface area contributed by atoms with Gasteiger partial charge in [0.05, 0.1) is 5.56 Å². The summed E-state index contributed by atoms with van der Waals surface area (Å²) in [5.41, 5.74) is 0.760. The zero-order chi connectivity index (χ0) is 15.2. The molecule has 0 saturated heterocycles. The van der Waals surface area contributed by atoms with Crippen LogP contribution >= 0.6 is 0 Å². The molecule has 1 aromatic carbocycles. The molecule has 0 atom stereocenters. The zero-order valence-electron chi connectivity index (χ0n) is 12.8. The molecular weight excluding hydrogens is 270 g/mol. The van der Waals surface area contributed by atoms with Gasteiger partial charge in [-0.2, -0.15) is 0 Å². The predicted octanol–water partition coefficient (Wildman–Crippen LogP) is 6.18. The summed E-state index contributed by atoms with van der Waals surface area (Å²) in [5.74, 6) is 0.999. The van der Waals surface area contributed by atoms with E-state index in [4.69, 9.17) is 0 Å². The van der Waals surface area contributed by atoms with Crippen LogP contribution in [0.2, 0.25) is 0 Å². The summed E-state index contributed by atoms with van der Waals surface area (Å²) in [6, 6.07) is 4.69. The van der Waals surface area contributed by atoms with E-state index in [1.165, 1.54) is 44.6 Å². The second kappa shape index (κ2) is 7.77. The lowest BCUT2D eigenvalue weighted by Crippen LogP contribution is -2.13. The topological polar surface area (TPSA) is 20.2 Å². The molecule has 0 spiro atoms. The Labute approximate surface area is 126 Å². The van der Waals surface area contributed by atoms with Crippen molar-refractivity contribution in [2.24, 2.45) is 5.92 Å². The van der Waals surface area contributed by atoms with Gasteiger partial charge < -0.3 is 5.11 Å². The number of unbranched alkanes of at least 4 members (excludes halogenated alkanes) is 2. The molecule has 0 bridgehead atoms. The maximum absolute atomic E-state index is 12.6. The molecular formula is C18H26F2O. The molecule has 0 amide bonds. The maximum Gasteiger partial charge on any atom is 0.267 e. The van der Waals surface area contributed by atoms with E-state index >= 15 is 0 Å². The number of aromatic hydroxyl groups is 1. The van der Waals surface area contributed by atoms with Gasteiger partial charge >= 0.3 is 0 Å². The van der Waals surface area contributed by atoms with E-state index in [9.17, 15) is 13.9 Å². The summed E-state index contributed by atoms with van der Waals surface area (Å²) in [7, 11) is 0. The second-order valence-corrected chi connectivity index (χ2v) is 6.33. The Balaban J connectivity index is 1.89. The van der Waals surface area contributed by atoms with Crippen molar-refractivity contribution in [1.82, 2.24) is 0 Å². The smallest absolute Gasteiger partial charge is 0.267 e. The van der Waals surface area contributed by atoms with Gasteiger partial charge in [-0.25, -0.2) is 8.78 Å². The van der Waals surface area contributed by atoms with E-state index in [1.54, 1.807) is 12.1 Å². The molecule has 1 fully saturated rings. The standard InChI is InChI=1S/C18H26F2O/c1-2-3-4-5-13-6-8-14(9-7-13)15-10-11-16(18(19)20)17(21)12-15/h10-14,18,21H,2-9H2,1H3. The first-order valence-corrected chi connectivity index (χ1v) is 8.22. The lowest BCUT2D eigenvalue weighted by Gasteiger charge is -2.29. The number of hydrogen-bond acceptors (Lipinski definition) is 1. The van der Waals surface area contributed by atoms with E-state index in [-0.39, 0.29) is 11.3 Å². The molecule has 0 unspecified atom stereocenters. The van der Waals surface area contributed by atoms with Gasteiger partial charge in [-0.1, -0.05) is 38.7 Å². The predicted molar refractivity (Wildman–Crippen MR) is 81.9 cm³/mol. The number of rotatable bonds is 6. The van der Waals surface area contributed by atoms with Gasteiger partial charge in [-0.05, 0) is 55.2 Å². The second-order valence-electron chi connectivity index (χ2n) is 6.33. The average Bonchev–Trinajstić information content (AvgIpc) is 2.48. The first-order valence-electron chi connectivity index (χ1n) is 8.22. The van der Waals surface area contributed by atoms with Gasteiger partial charge in [0, 0.05) is 0 Å². The number of phenols is 1. The van der Waals surface area contributed by atoms with E-state index in [0.717, 1.165) is 24.3 Å². The molecule has 1 nitrogen and oxygen atoms in total. The Kier molecular flexibility index (Phi) is 6.01. The summed E-state index contributed by atoms with van der Waals surface area (Å²) < 4.78 is 25.3. The third-order valence-electron chi connectivity index (χ3n) is 4.82. The Morgan fingerprint density at radius 1 is 1.14 bits per heavy atom. The van der Waals surface area contributed by atoms with Crippen molar-refractivity contribution in [2.45, 2.75) is 70.6 Å². The number of alkyl halides is 2. The van der Waals surface area contributed by atoms with Crippen molar-refractivity contribution < 1.29 is 13.9 Å². The molecule has 1 aliphatic carbocycles. The van der Waals surface area contributed by atoms with Crippen LogP contribution in [0.4, 0.5) is 8.78 Å². The van der Waals surface area contributed by atoms with Crippen molar-refractivity contribution in [1.29, 1.82) is 0 Å². The van der Waals surface area contributed by atoms with Gasteiger partial charge in [-0.3, -0.25) is 0 Å². The number of halogens is 2. The summed E-state index contributed by atoms with van der Waals surface area (Å²) in [4.78, 5) is 0. The van der Waals surface area contributed by atoms with Crippen molar-refractivity contribution in [2.75, 3.05) is 0 Å². The molecule has 0 aromatic heterocycles. The molecule has 0 radical (unpaired) electrons. The zero-order valence-corrected chi connectivity index (χ0v) is 12.8. The molecule has 0 heterocycles. The Bertz CT molecular complexity index is 437. The van der Waals surface area contributed by atoms with Gasteiger partial charge in [0.25, 0.3) is 6.43 Å². The van der Waals surface area contributed by atoms with Crippen LogP contribution in [0.3, 0.4) is 0 Å². The summed E-state index contributed by atoms with van der Waals surface area (Å²) in [6.45, 7) is 2.23. The van der Waals surface area contributed by atoms with Crippen LogP contribution in [0.25, 0.3) is 0 Å². The van der Waals surface area contributed by atoms with Crippen LogP contribution in [0.5, 0.6) is 5.75 Å². The number of hydrogen-bond donors (Lipinski definition) is 1. The lowest BCUT2D eigenvalue weighted by molar-refractivity contribution is 0.147. The molecule has 1 aliphatic rings. The van der Waals surface area contributed by atoms with Gasteiger partial charge in [0.15, 0.2) is 0 Å². The van der Waals surface area contributed by atoms with Gasteiger partial charge in [0.1, 0.15) is 5.75 Å². The van der Waals surface area contributed by atoms with E-state index in [2.05, 4.69) is 6.92 Å². The van der Waals surface area contributed by atoms with Gasteiger partial charge in [-0.15, -0.1) is 0 Å². The Hall–Kier alpha value is -1.12. The minimum Gasteiger partial charge on any atom is -0.507 e. The number of benzene rings is 1. The quantitative estimate of drug-likeness (QED) is 0.621. The van der Waals surface area contributed by atoms with Gasteiger partial charge in [0.2, 0.25) is 0 Å². The summed E-state index contributed by atoms with van der Waals surface area (Å²) in [6.07, 6.45) is 7.33. The molecule has 1 aromatic rings. The maximum atomic E-state index is 12.6. The first-order chi connectivity index (χ1) is 10.1. The number of phenolic OH excluding ortho intramolecular Hbond substituents is 1. The Morgan fingerprint density at radius 2 is 1.86 bits per heavy atom. The monoisotopic (exact) mass is 296 g/mol. The fraction of sp³-hybridized carbons (Fsp3) is 0.667. The highest BCUT2D eigenvalue weighted by atomic mass is 19.3. The van der Waals surface area contributed by atoms with Crippen LogP contribution in [0.1, 0.15) is 81.8 Å². The third-order valence-corrected chi connectivity index (χ3v) is 4.82. The summed E-state index contributed by atoms with van der Waals surface area (Å²) in [5, 5.41) is 9.71. The van der Waals surface area contributed by atoms with E-state index in [0.29, 0.717) is 5.92 Å². The van der Waals surface area contributed by atoms with Crippen molar-refractivity contribution in [3.8, 4) is 5.75 Å². The van der Waals surface area contributed by atoms with Crippen LogP contribution in [0.15, 0.2) is 18.2 Å². The lowest BCUT2D eigenvalue weighted by atomic mass is 9.77. The van der Waals surface area contributed by atoms with E-state index in [1.807, 2.05) is 0 Å². The molecule has 118 valence electrons. The van der Waals surface area contributed by atoms with Crippen molar-refractivity contribution in [3.63, 3.8) is 0 Å². The highest BCUT2D eigenvalue weighted by molar-refractivity contribution is 5.38. The molecule has 1 saturated carbocycles. The molecule has 21 heavy (non-hydrogen) atoms. The minimum absolute atomic E-state index is 0.257. The van der Waals surface area contributed by atoms with Crippen LogP contribution in [-0.2, 0) is 0 Å². The molecule has 0 aliphatic heterocycles. The fourth-order valence-electron chi connectivity index (χ4n) is 3.47. The minimum atomic E-state index is -2.60. The highest BCUT2D eigenvalue weighted by Crippen LogP contribution is 2.40. The van der Waals surface area contributed by atoms with Crippen molar-refractivity contribution >= 4 is 0 Å². The largest absolute Gasteiger partial charge is 0.507 e. The summed E-state index contributed by atoms with van der Waals surface area (Å²) >= 11 is 0. The normalized spacial score (nSPS) is 22.7. The van der Waals surface area contributed by atoms with Crippen LogP contribution < -0.4 is 0 Å². The SMILES string of the molecule is CCCCCC1CCC(c2ccc(C(F)F)c(O)c2)CC1. The van der Waals surface area contributed by atoms with Crippen LogP contribution in [-0.4, -0.2) is 5.11 Å². The molecule has 1 N–H and O–H groups in total. The molecule has 3 heteroatoms. The van der Waals surface area contributed by atoms with E-state index < -0.39 is 6.43 Å². The fourth-order valence-corrected chi connectivity index (χ4v) is 3.47. The molecule has 2 rings (SSSR count). The third kappa shape index (κ3) is 4.42.